The number of nitrogens with zero attached hydrogens (tertiary/aromatic N) is 1. The van der Waals surface area contributed by atoms with Crippen molar-refractivity contribution in [1.82, 2.24) is 4.98 Å². The monoisotopic (exact) mass is 309 g/mol. The van der Waals surface area contributed by atoms with Crippen molar-refractivity contribution in [2.24, 2.45) is 0 Å². The van der Waals surface area contributed by atoms with Gasteiger partial charge in [-0.2, -0.15) is 4.39 Å². The van der Waals surface area contributed by atoms with Gasteiger partial charge in [0.2, 0.25) is 5.95 Å². The lowest BCUT2D eigenvalue weighted by molar-refractivity contribution is -0.142. The second-order valence-corrected chi connectivity index (χ2v) is 3.71. The van der Waals surface area contributed by atoms with Gasteiger partial charge < -0.3 is 4.74 Å². The molecule has 0 amide bonds. The molecule has 0 bridgehead atoms. The molecular formula is C9H9FINO2. The maximum atomic E-state index is 13.1. The lowest BCUT2D eigenvalue weighted by atomic mass is 10.2. The SMILES string of the molecule is CCOC(=O)Cc1c(I)ccnc1F. The summed E-state index contributed by atoms with van der Waals surface area (Å²) in [7, 11) is 0. The van der Waals surface area contributed by atoms with Crippen LogP contribution in [-0.4, -0.2) is 17.6 Å². The Labute approximate surface area is 94.8 Å². The van der Waals surface area contributed by atoms with Crippen molar-refractivity contribution in [2.45, 2.75) is 13.3 Å². The Kier molecular flexibility index (Phi) is 4.24. The molecule has 14 heavy (non-hydrogen) atoms. The summed E-state index contributed by atoms with van der Waals surface area (Å²) in [6, 6.07) is 1.65. The van der Waals surface area contributed by atoms with E-state index < -0.39 is 11.9 Å². The molecule has 1 aromatic rings. The van der Waals surface area contributed by atoms with Crippen LogP contribution in [-0.2, 0) is 16.0 Å². The Morgan fingerprint density at radius 2 is 2.43 bits per heavy atom. The summed E-state index contributed by atoms with van der Waals surface area (Å²) in [5.74, 6) is -1.04. The Balaban J connectivity index is 2.80. The molecule has 0 saturated heterocycles. The van der Waals surface area contributed by atoms with Crippen molar-refractivity contribution in [3.05, 3.63) is 27.3 Å². The minimum atomic E-state index is -0.607. The van der Waals surface area contributed by atoms with Crippen LogP contribution in [0.3, 0.4) is 0 Å². The average Bonchev–Trinajstić information content (AvgIpc) is 2.12. The number of halogens is 2. The van der Waals surface area contributed by atoms with Gasteiger partial charge in [-0.1, -0.05) is 0 Å². The molecule has 0 atom stereocenters. The molecule has 0 aliphatic heterocycles. The number of carbonyl (C=O) groups is 1. The van der Waals surface area contributed by atoms with Crippen LogP contribution >= 0.6 is 22.6 Å². The predicted octanol–water partition coefficient (Wildman–Crippen LogP) is 1.93. The van der Waals surface area contributed by atoms with Crippen molar-refractivity contribution in [1.29, 1.82) is 0 Å². The van der Waals surface area contributed by atoms with Crippen LogP contribution in [0, 0.1) is 9.52 Å². The fraction of sp³-hybridized carbons (Fsp3) is 0.333. The fourth-order valence-corrected chi connectivity index (χ4v) is 1.53. The standard InChI is InChI=1S/C9H9FINO2/c1-2-14-8(13)5-6-7(11)3-4-12-9(6)10/h3-4H,2,5H2,1H3. The van der Waals surface area contributed by atoms with Gasteiger partial charge in [0.25, 0.3) is 0 Å². The molecule has 0 spiro atoms. The number of pyridine rings is 1. The molecule has 0 aliphatic rings. The van der Waals surface area contributed by atoms with E-state index >= 15 is 0 Å². The van der Waals surface area contributed by atoms with Gasteiger partial charge in [-0.05, 0) is 35.6 Å². The van der Waals surface area contributed by atoms with Gasteiger partial charge in [0, 0.05) is 15.3 Å². The first-order chi connectivity index (χ1) is 6.65. The van der Waals surface area contributed by atoms with E-state index in [-0.39, 0.29) is 6.42 Å². The quantitative estimate of drug-likeness (QED) is 0.486. The van der Waals surface area contributed by atoms with Crippen LogP contribution in [0.25, 0.3) is 0 Å². The minimum absolute atomic E-state index is 0.0637. The number of aromatic nitrogens is 1. The van der Waals surface area contributed by atoms with Crippen LogP contribution in [0.2, 0.25) is 0 Å². The highest BCUT2D eigenvalue weighted by atomic mass is 127. The number of ether oxygens (including phenoxy) is 1. The molecule has 1 heterocycles. The van der Waals surface area contributed by atoms with Gasteiger partial charge in [0.15, 0.2) is 0 Å². The Hall–Kier alpha value is -0.720. The number of hydrogen-bond acceptors (Lipinski definition) is 3. The van der Waals surface area contributed by atoms with Crippen LogP contribution in [0.4, 0.5) is 4.39 Å². The van der Waals surface area contributed by atoms with E-state index in [0.29, 0.717) is 15.7 Å². The number of esters is 1. The molecule has 0 fully saturated rings. The predicted molar refractivity (Wildman–Crippen MR) is 57.2 cm³/mol. The van der Waals surface area contributed by atoms with Gasteiger partial charge in [-0.15, -0.1) is 0 Å². The summed E-state index contributed by atoms with van der Waals surface area (Å²) in [6.07, 6.45) is 1.30. The van der Waals surface area contributed by atoms with E-state index in [1.54, 1.807) is 13.0 Å². The first kappa shape index (κ1) is 11.4. The second-order valence-electron chi connectivity index (χ2n) is 2.54. The Bertz CT molecular complexity index is 323. The summed E-state index contributed by atoms with van der Waals surface area (Å²) in [6.45, 7) is 2.01. The normalized spacial score (nSPS) is 9.93. The number of rotatable bonds is 3. The lowest BCUT2D eigenvalue weighted by Crippen LogP contribution is -2.10. The summed E-state index contributed by atoms with van der Waals surface area (Å²) in [5.41, 5.74) is 0.298. The number of hydrogen-bond donors (Lipinski definition) is 0. The van der Waals surface area contributed by atoms with E-state index in [9.17, 15) is 9.18 Å². The van der Waals surface area contributed by atoms with Crippen molar-refractivity contribution in [2.75, 3.05) is 6.61 Å². The summed E-state index contributed by atoms with van der Waals surface area (Å²) >= 11 is 1.96. The van der Waals surface area contributed by atoms with Gasteiger partial charge in [-0.3, -0.25) is 4.79 Å². The van der Waals surface area contributed by atoms with E-state index in [4.69, 9.17) is 4.74 Å². The summed E-state index contributed by atoms with van der Waals surface area (Å²) in [4.78, 5) is 14.6. The molecule has 0 aromatic carbocycles. The molecule has 0 N–H and O–H groups in total. The number of carbonyl (C=O) groups excluding carboxylic acids is 1. The molecule has 0 radical (unpaired) electrons. The maximum Gasteiger partial charge on any atom is 0.310 e. The first-order valence-corrected chi connectivity index (χ1v) is 5.17. The second kappa shape index (κ2) is 5.23. The molecule has 0 saturated carbocycles. The fourth-order valence-electron chi connectivity index (χ4n) is 0.959. The highest BCUT2D eigenvalue weighted by molar-refractivity contribution is 14.1. The Morgan fingerprint density at radius 3 is 3.00 bits per heavy atom. The van der Waals surface area contributed by atoms with Gasteiger partial charge in [0.1, 0.15) is 0 Å². The van der Waals surface area contributed by atoms with Crippen LogP contribution < -0.4 is 0 Å². The molecular weight excluding hydrogens is 300 g/mol. The van der Waals surface area contributed by atoms with Crippen LogP contribution in [0.5, 0.6) is 0 Å². The van der Waals surface area contributed by atoms with E-state index in [1.165, 1.54) is 6.20 Å². The highest BCUT2D eigenvalue weighted by Gasteiger charge is 2.12. The largest absolute Gasteiger partial charge is 0.466 e. The zero-order valence-electron chi connectivity index (χ0n) is 7.59. The first-order valence-electron chi connectivity index (χ1n) is 4.09. The average molecular weight is 309 g/mol. The zero-order valence-corrected chi connectivity index (χ0v) is 9.75. The third-order valence-electron chi connectivity index (χ3n) is 1.57. The maximum absolute atomic E-state index is 13.1. The molecule has 1 aromatic heterocycles. The topological polar surface area (TPSA) is 39.2 Å². The van der Waals surface area contributed by atoms with E-state index in [0.717, 1.165) is 0 Å². The summed E-state index contributed by atoms with van der Waals surface area (Å²) in [5, 5.41) is 0. The van der Waals surface area contributed by atoms with Crippen molar-refractivity contribution in [3.8, 4) is 0 Å². The zero-order chi connectivity index (χ0) is 10.6. The Morgan fingerprint density at radius 1 is 1.71 bits per heavy atom. The van der Waals surface area contributed by atoms with Crippen LogP contribution in [0.1, 0.15) is 12.5 Å². The van der Waals surface area contributed by atoms with E-state index in [1.807, 2.05) is 22.6 Å². The summed E-state index contributed by atoms with van der Waals surface area (Å²) < 4.78 is 18.5. The lowest BCUT2D eigenvalue weighted by Gasteiger charge is -2.04. The molecule has 3 nitrogen and oxygen atoms in total. The van der Waals surface area contributed by atoms with E-state index in [2.05, 4.69) is 4.98 Å². The van der Waals surface area contributed by atoms with Crippen molar-refractivity contribution < 1.29 is 13.9 Å². The molecule has 0 unspecified atom stereocenters. The van der Waals surface area contributed by atoms with Gasteiger partial charge >= 0.3 is 5.97 Å². The molecule has 5 heteroatoms. The van der Waals surface area contributed by atoms with Crippen LogP contribution in [0.15, 0.2) is 12.3 Å². The van der Waals surface area contributed by atoms with Gasteiger partial charge in [-0.25, -0.2) is 4.98 Å². The minimum Gasteiger partial charge on any atom is -0.466 e. The highest BCUT2D eigenvalue weighted by Crippen LogP contribution is 2.14. The molecule has 1 rings (SSSR count). The molecule has 0 aliphatic carbocycles. The molecule has 76 valence electrons. The van der Waals surface area contributed by atoms with Gasteiger partial charge in [0.05, 0.1) is 13.0 Å². The third-order valence-corrected chi connectivity index (χ3v) is 2.58. The third kappa shape index (κ3) is 2.90. The van der Waals surface area contributed by atoms with Crippen molar-refractivity contribution in [3.63, 3.8) is 0 Å². The smallest absolute Gasteiger partial charge is 0.310 e. The van der Waals surface area contributed by atoms with Crippen molar-refractivity contribution >= 4 is 28.6 Å².